The summed E-state index contributed by atoms with van der Waals surface area (Å²) in [6, 6.07) is 0. The van der Waals surface area contributed by atoms with Crippen molar-refractivity contribution < 1.29 is 0 Å². The molecule has 13 heavy (non-hydrogen) atoms. The summed E-state index contributed by atoms with van der Waals surface area (Å²) in [7, 11) is 0. The normalized spacial score (nSPS) is 10.6. The minimum atomic E-state index is 0.240. The van der Waals surface area contributed by atoms with E-state index in [0.29, 0.717) is 0 Å². The molecule has 0 bridgehead atoms. The van der Waals surface area contributed by atoms with E-state index in [9.17, 15) is 0 Å². The summed E-state index contributed by atoms with van der Waals surface area (Å²) in [5.74, 6) is 8.00. The van der Waals surface area contributed by atoms with Gasteiger partial charge in [-0.3, -0.25) is 11.7 Å². The first-order chi connectivity index (χ1) is 6.24. The van der Waals surface area contributed by atoms with E-state index in [-0.39, 0.29) is 5.41 Å². The van der Waals surface area contributed by atoms with Crippen LogP contribution in [0.4, 0.5) is 0 Å². The van der Waals surface area contributed by atoms with Gasteiger partial charge in [0.2, 0.25) is 0 Å². The zero-order valence-corrected chi connectivity index (χ0v) is 9.05. The van der Waals surface area contributed by atoms with Crippen LogP contribution >= 0.6 is 0 Å². The highest BCUT2D eigenvalue weighted by Crippen LogP contribution is 2.26. The molecule has 0 atom stereocenters. The number of rotatable bonds is 6. The molecule has 0 heterocycles. The molecule has 0 rings (SSSR count). The summed E-state index contributed by atoms with van der Waals surface area (Å²) in [6.45, 7) is 5.86. The Kier molecular flexibility index (Phi) is 11.7. The highest BCUT2D eigenvalue weighted by molar-refractivity contribution is 4.80. The van der Waals surface area contributed by atoms with Crippen molar-refractivity contribution in [1.29, 1.82) is 0 Å². The van der Waals surface area contributed by atoms with Crippen LogP contribution in [-0.4, -0.2) is 13.1 Å². The first-order valence-electron chi connectivity index (χ1n) is 4.98. The predicted molar refractivity (Wildman–Crippen MR) is 58.7 cm³/mol. The highest BCUT2D eigenvalue weighted by atomic mass is 15.0. The Bertz CT molecular complexity index is 83.6. The van der Waals surface area contributed by atoms with Crippen LogP contribution in [0.25, 0.3) is 0 Å². The fourth-order valence-electron chi connectivity index (χ4n) is 1.68. The Hall–Kier alpha value is -0.160. The van der Waals surface area contributed by atoms with Crippen LogP contribution in [-0.2, 0) is 0 Å². The first-order valence-corrected chi connectivity index (χ1v) is 4.98. The van der Waals surface area contributed by atoms with Crippen LogP contribution in [0.15, 0.2) is 0 Å². The molecular weight excluding hydrogens is 164 g/mol. The summed E-state index contributed by atoms with van der Waals surface area (Å²) in [5.41, 5.74) is 11.7. The average molecular weight is 190 g/mol. The number of hydrogen-bond acceptors (Lipinski definition) is 4. The summed E-state index contributed by atoms with van der Waals surface area (Å²) < 4.78 is 0. The van der Waals surface area contributed by atoms with Crippen molar-refractivity contribution in [3.05, 3.63) is 0 Å². The molecule has 0 aromatic heterocycles. The standard InChI is InChI=1S/C9H22N2.H4N2/c1-3-5-9(7-10,8-11)6-4-2;1-2/h3-8,10-11H2,1-2H3;1-2H2. The molecular formula is C9H26N4. The molecule has 4 nitrogen and oxygen atoms in total. The molecule has 0 spiro atoms. The van der Waals surface area contributed by atoms with E-state index in [2.05, 4.69) is 25.5 Å². The van der Waals surface area contributed by atoms with E-state index in [0.717, 1.165) is 13.1 Å². The van der Waals surface area contributed by atoms with E-state index < -0.39 is 0 Å². The van der Waals surface area contributed by atoms with Crippen molar-refractivity contribution >= 4 is 0 Å². The van der Waals surface area contributed by atoms with Gasteiger partial charge in [0, 0.05) is 0 Å². The minimum Gasteiger partial charge on any atom is -0.330 e. The van der Waals surface area contributed by atoms with Crippen LogP contribution in [0.3, 0.4) is 0 Å². The predicted octanol–water partition coefficient (Wildman–Crippen LogP) is 0.309. The lowest BCUT2D eigenvalue weighted by Gasteiger charge is -2.30. The molecule has 0 unspecified atom stereocenters. The van der Waals surface area contributed by atoms with Crippen molar-refractivity contribution in [3.63, 3.8) is 0 Å². The second kappa shape index (κ2) is 9.92. The summed E-state index contributed by atoms with van der Waals surface area (Å²) in [5, 5.41) is 0. The maximum Gasteiger partial charge on any atom is -0.000844 e. The quantitative estimate of drug-likeness (QED) is 0.357. The van der Waals surface area contributed by atoms with Gasteiger partial charge < -0.3 is 11.5 Å². The number of hydrazine groups is 1. The van der Waals surface area contributed by atoms with Crippen molar-refractivity contribution in [3.8, 4) is 0 Å². The van der Waals surface area contributed by atoms with Gasteiger partial charge in [-0.05, 0) is 31.3 Å². The van der Waals surface area contributed by atoms with E-state index in [1.807, 2.05) is 0 Å². The third-order valence-electron chi connectivity index (χ3n) is 2.43. The molecule has 8 N–H and O–H groups in total. The summed E-state index contributed by atoms with van der Waals surface area (Å²) in [4.78, 5) is 0. The van der Waals surface area contributed by atoms with Gasteiger partial charge in [0.25, 0.3) is 0 Å². The number of nitrogens with two attached hydrogens (primary N) is 4. The van der Waals surface area contributed by atoms with Crippen LogP contribution in [0.2, 0.25) is 0 Å². The molecule has 0 aromatic rings. The van der Waals surface area contributed by atoms with Gasteiger partial charge >= 0.3 is 0 Å². The fourth-order valence-corrected chi connectivity index (χ4v) is 1.68. The smallest absolute Gasteiger partial charge is 0.000844 e. The zero-order valence-electron chi connectivity index (χ0n) is 9.05. The minimum absolute atomic E-state index is 0.240. The molecule has 0 aliphatic rings. The summed E-state index contributed by atoms with van der Waals surface area (Å²) >= 11 is 0. The Morgan fingerprint density at radius 2 is 1.15 bits per heavy atom. The second-order valence-corrected chi connectivity index (χ2v) is 3.41. The molecule has 0 radical (unpaired) electrons. The third kappa shape index (κ3) is 5.99. The van der Waals surface area contributed by atoms with Crippen LogP contribution in [0, 0.1) is 5.41 Å². The molecule has 0 amide bonds. The summed E-state index contributed by atoms with van der Waals surface area (Å²) in [6.07, 6.45) is 4.73. The van der Waals surface area contributed by atoms with Crippen LogP contribution in [0.5, 0.6) is 0 Å². The molecule has 4 heteroatoms. The lowest BCUT2D eigenvalue weighted by Crippen LogP contribution is -2.37. The van der Waals surface area contributed by atoms with E-state index in [1.165, 1.54) is 25.7 Å². The van der Waals surface area contributed by atoms with Crippen molar-refractivity contribution in [1.82, 2.24) is 0 Å². The Morgan fingerprint density at radius 3 is 1.31 bits per heavy atom. The largest absolute Gasteiger partial charge is 0.330 e. The molecule has 82 valence electrons. The molecule has 0 aromatic carbocycles. The molecule has 0 aliphatic carbocycles. The maximum atomic E-state index is 5.71. The van der Waals surface area contributed by atoms with Gasteiger partial charge in [0.15, 0.2) is 0 Å². The average Bonchev–Trinajstić information content (AvgIpc) is 2.20. The maximum absolute atomic E-state index is 5.71. The lowest BCUT2D eigenvalue weighted by molar-refractivity contribution is 0.255. The Labute approximate surface area is 82.0 Å². The molecule has 0 aliphatic heterocycles. The highest BCUT2D eigenvalue weighted by Gasteiger charge is 2.24. The van der Waals surface area contributed by atoms with Crippen molar-refractivity contribution in [2.24, 2.45) is 28.6 Å². The van der Waals surface area contributed by atoms with Crippen molar-refractivity contribution in [2.45, 2.75) is 39.5 Å². The van der Waals surface area contributed by atoms with Gasteiger partial charge in [-0.15, -0.1) is 0 Å². The topological polar surface area (TPSA) is 104 Å². The van der Waals surface area contributed by atoms with Gasteiger partial charge in [-0.2, -0.15) is 0 Å². The zero-order chi connectivity index (χ0) is 10.7. The van der Waals surface area contributed by atoms with Crippen molar-refractivity contribution in [2.75, 3.05) is 13.1 Å². The fraction of sp³-hybridized carbons (Fsp3) is 1.00. The third-order valence-corrected chi connectivity index (χ3v) is 2.43. The molecule has 0 fully saturated rings. The van der Waals surface area contributed by atoms with Gasteiger partial charge in [-0.1, -0.05) is 26.7 Å². The monoisotopic (exact) mass is 190 g/mol. The van der Waals surface area contributed by atoms with E-state index in [4.69, 9.17) is 11.5 Å². The lowest BCUT2D eigenvalue weighted by atomic mass is 9.79. The van der Waals surface area contributed by atoms with Gasteiger partial charge in [0.05, 0.1) is 0 Å². The second-order valence-electron chi connectivity index (χ2n) is 3.41. The Morgan fingerprint density at radius 1 is 0.846 bits per heavy atom. The van der Waals surface area contributed by atoms with Gasteiger partial charge in [0.1, 0.15) is 0 Å². The van der Waals surface area contributed by atoms with Crippen LogP contribution in [0.1, 0.15) is 39.5 Å². The van der Waals surface area contributed by atoms with E-state index >= 15 is 0 Å². The first kappa shape index (κ1) is 15.3. The molecule has 0 saturated carbocycles. The Balaban J connectivity index is 0. The SMILES string of the molecule is CCCC(CN)(CN)CCC.NN. The van der Waals surface area contributed by atoms with Crippen LogP contribution < -0.4 is 23.2 Å². The number of hydrogen-bond donors (Lipinski definition) is 4. The van der Waals surface area contributed by atoms with E-state index in [1.54, 1.807) is 0 Å². The van der Waals surface area contributed by atoms with Gasteiger partial charge in [-0.25, -0.2) is 0 Å². The molecule has 0 saturated heterocycles.